The quantitative estimate of drug-likeness (QED) is 0.843. The van der Waals surface area contributed by atoms with Crippen LogP contribution in [0.5, 0.6) is 5.75 Å². The van der Waals surface area contributed by atoms with Crippen molar-refractivity contribution in [3.63, 3.8) is 0 Å². The van der Waals surface area contributed by atoms with Gasteiger partial charge >= 0.3 is 0 Å². The number of nitrogens with one attached hydrogen (secondary N) is 1. The maximum absolute atomic E-state index is 11.7. The third-order valence-corrected chi connectivity index (χ3v) is 2.84. The minimum Gasteiger partial charge on any atom is -0.496 e. The topological polar surface area (TPSA) is 38.3 Å². The molecule has 3 nitrogen and oxygen atoms in total. The fraction of sp³-hybridized carbons (Fsp3) is 0.357. The van der Waals surface area contributed by atoms with Gasteiger partial charge in [-0.25, -0.2) is 0 Å². The van der Waals surface area contributed by atoms with E-state index in [4.69, 9.17) is 4.74 Å². The second kappa shape index (κ2) is 5.04. The number of rotatable bonds is 5. The zero-order valence-electron chi connectivity index (χ0n) is 10.0. The molecule has 1 saturated carbocycles. The van der Waals surface area contributed by atoms with Crippen LogP contribution in [0, 0.1) is 0 Å². The Morgan fingerprint density at radius 1 is 1.59 bits per heavy atom. The highest BCUT2D eigenvalue weighted by Gasteiger charge is 2.23. The molecule has 0 saturated heterocycles. The molecule has 2 rings (SSSR count). The fourth-order valence-electron chi connectivity index (χ4n) is 1.71. The number of benzene rings is 1. The summed E-state index contributed by atoms with van der Waals surface area (Å²) in [6.45, 7) is 3.71. The van der Waals surface area contributed by atoms with E-state index in [0.717, 1.165) is 29.7 Å². The van der Waals surface area contributed by atoms with Gasteiger partial charge in [-0.3, -0.25) is 4.79 Å². The third kappa shape index (κ3) is 3.09. The smallest absolute Gasteiger partial charge is 0.224 e. The summed E-state index contributed by atoms with van der Waals surface area (Å²) in [6.07, 6.45) is 4.35. The molecule has 17 heavy (non-hydrogen) atoms. The minimum absolute atomic E-state index is 0.0668. The van der Waals surface area contributed by atoms with Gasteiger partial charge < -0.3 is 10.1 Å². The van der Waals surface area contributed by atoms with Crippen molar-refractivity contribution in [3.05, 3.63) is 35.9 Å². The van der Waals surface area contributed by atoms with Crippen LogP contribution in [0.15, 0.2) is 24.8 Å². The Labute approximate surface area is 101 Å². The maximum Gasteiger partial charge on any atom is 0.224 e. The molecule has 1 aromatic rings. The van der Waals surface area contributed by atoms with Crippen LogP contribution < -0.4 is 10.1 Å². The summed E-state index contributed by atoms with van der Waals surface area (Å²) in [6, 6.07) is 6.16. The van der Waals surface area contributed by atoms with E-state index >= 15 is 0 Å². The van der Waals surface area contributed by atoms with Crippen molar-refractivity contribution in [2.75, 3.05) is 7.11 Å². The largest absolute Gasteiger partial charge is 0.496 e. The van der Waals surface area contributed by atoms with Gasteiger partial charge in [-0.05, 0) is 24.5 Å². The van der Waals surface area contributed by atoms with Crippen LogP contribution in [-0.4, -0.2) is 19.1 Å². The molecule has 90 valence electrons. The standard InChI is InChI=1S/C14H17NO2/c1-3-10-4-5-11(13(8-10)17-2)9-14(16)15-12-6-7-12/h3-5,8,12H,1,6-7,9H2,2H3,(H,15,16). The van der Waals surface area contributed by atoms with Gasteiger partial charge in [0, 0.05) is 11.6 Å². The van der Waals surface area contributed by atoms with Gasteiger partial charge in [0.1, 0.15) is 5.75 Å². The first-order chi connectivity index (χ1) is 8.22. The molecule has 1 aromatic carbocycles. The lowest BCUT2D eigenvalue weighted by atomic mass is 10.1. The van der Waals surface area contributed by atoms with Crippen LogP contribution in [0.25, 0.3) is 6.08 Å². The molecular weight excluding hydrogens is 214 g/mol. The highest BCUT2D eigenvalue weighted by atomic mass is 16.5. The number of hydrogen-bond acceptors (Lipinski definition) is 2. The molecular formula is C14H17NO2. The number of methoxy groups -OCH3 is 1. The van der Waals surface area contributed by atoms with E-state index in [-0.39, 0.29) is 5.91 Å². The molecule has 0 heterocycles. The summed E-state index contributed by atoms with van der Waals surface area (Å²) in [5.74, 6) is 0.811. The van der Waals surface area contributed by atoms with Gasteiger partial charge in [-0.15, -0.1) is 0 Å². The van der Waals surface area contributed by atoms with Gasteiger partial charge in [0.2, 0.25) is 5.91 Å². The van der Waals surface area contributed by atoms with Gasteiger partial charge in [0.15, 0.2) is 0 Å². The molecule has 1 aliphatic carbocycles. The highest BCUT2D eigenvalue weighted by molar-refractivity contribution is 5.80. The molecule has 1 aliphatic rings. The summed E-state index contributed by atoms with van der Waals surface area (Å²) in [5, 5.41) is 2.97. The van der Waals surface area contributed by atoms with E-state index in [1.54, 1.807) is 13.2 Å². The summed E-state index contributed by atoms with van der Waals surface area (Å²) in [7, 11) is 1.62. The normalized spacial score (nSPS) is 14.2. The van der Waals surface area contributed by atoms with Gasteiger partial charge in [0.05, 0.1) is 13.5 Å². The highest BCUT2D eigenvalue weighted by Crippen LogP contribution is 2.23. The molecule has 0 aromatic heterocycles. The lowest BCUT2D eigenvalue weighted by Crippen LogP contribution is -2.27. The van der Waals surface area contributed by atoms with Crippen molar-refractivity contribution in [2.45, 2.75) is 25.3 Å². The van der Waals surface area contributed by atoms with Crippen molar-refractivity contribution in [2.24, 2.45) is 0 Å². The fourth-order valence-corrected chi connectivity index (χ4v) is 1.71. The average molecular weight is 231 g/mol. The Morgan fingerprint density at radius 3 is 2.94 bits per heavy atom. The SMILES string of the molecule is C=Cc1ccc(CC(=O)NC2CC2)c(OC)c1. The maximum atomic E-state index is 11.7. The van der Waals surface area contributed by atoms with Crippen molar-refractivity contribution >= 4 is 12.0 Å². The molecule has 1 fully saturated rings. The van der Waals surface area contributed by atoms with E-state index in [2.05, 4.69) is 11.9 Å². The van der Waals surface area contributed by atoms with Crippen LogP contribution in [0.3, 0.4) is 0 Å². The van der Waals surface area contributed by atoms with E-state index in [9.17, 15) is 4.79 Å². The molecule has 3 heteroatoms. The number of amides is 1. The predicted octanol–water partition coefficient (Wildman–Crippen LogP) is 2.16. The second-order valence-corrected chi connectivity index (χ2v) is 4.29. The van der Waals surface area contributed by atoms with Crippen LogP contribution in [-0.2, 0) is 11.2 Å². The van der Waals surface area contributed by atoms with Crippen LogP contribution in [0.2, 0.25) is 0 Å². The van der Waals surface area contributed by atoms with Crippen molar-refractivity contribution in [3.8, 4) is 5.75 Å². The number of carbonyl (C=O) groups excluding carboxylic acids is 1. The second-order valence-electron chi connectivity index (χ2n) is 4.29. The lowest BCUT2D eigenvalue weighted by molar-refractivity contribution is -0.120. The first-order valence-electron chi connectivity index (χ1n) is 5.81. The lowest BCUT2D eigenvalue weighted by Gasteiger charge is -2.09. The van der Waals surface area contributed by atoms with Crippen molar-refractivity contribution in [1.29, 1.82) is 0 Å². The molecule has 0 atom stereocenters. The Kier molecular flexibility index (Phi) is 3.47. The van der Waals surface area contributed by atoms with E-state index in [1.807, 2.05) is 18.2 Å². The Morgan fingerprint density at radius 2 is 2.35 bits per heavy atom. The van der Waals surface area contributed by atoms with E-state index < -0.39 is 0 Å². The molecule has 1 N–H and O–H groups in total. The van der Waals surface area contributed by atoms with Gasteiger partial charge in [0.25, 0.3) is 0 Å². The summed E-state index contributed by atoms with van der Waals surface area (Å²) < 4.78 is 5.28. The monoisotopic (exact) mass is 231 g/mol. The van der Waals surface area contributed by atoms with Crippen molar-refractivity contribution in [1.82, 2.24) is 5.32 Å². The Bertz CT molecular complexity index is 436. The molecule has 0 bridgehead atoms. The first-order valence-corrected chi connectivity index (χ1v) is 5.81. The molecule has 0 radical (unpaired) electrons. The van der Waals surface area contributed by atoms with Crippen LogP contribution in [0.1, 0.15) is 24.0 Å². The van der Waals surface area contributed by atoms with E-state index in [0.29, 0.717) is 12.5 Å². The van der Waals surface area contributed by atoms with E-state index in [1.165, 1.54) is 0 Å². The molecule has 0 aliphatic heterocycles. The Hall–Kier alpha value is -1.77. The average Bonchev–Trinajstić information content (AvgIpc) is 3.13. The summed E-state index contributed by atoms with van der Waals surface area (Å²) in [4.78, 5) is 11.7. The van der Waals surface area contributed by atoms with Crippen LogP contribution >= 0.6 is 0 Å². The predicted molar refractivity (Wildman–Crippen MR) is 68.0 cm³/mol. The summed E-state index contributed by atoms with van der Waals surface area (Å²) >= 11 is 0. The van der Waals surface area contributed by atoms with Crippen molar-refractivity contribution < 1.29 is 9.53 Å². The number of ether oxygens (including phenoxy) is 1. The van der Waals surface area contributed by atoms with Crippen LogP contribution in [0.4, 0.5) is 0 Å². The minimum atomic E-state index is 0.0668. The zero-order chi connectivity index (χ0) is 12.3. The Balaban J connectivity index is 2.07. The first kappa shape index (κ1) is 11.7. The van der Waals surface area contributed by atoms with Gasteiger partial charge in [-0.2, -0.15) is 0 Å². The number of carbonyl (C=O) groups is 1. The molecule has 0 unspecified atom stereocenters. The number of hydrogen-bond donors (Lipinski definition) is 1. The molecule has 1 amide bonds. The third-order valence-electron chi connectivity index (χ3n) is 2.84. The zero-order valence-corrected chi connectivity index (χ0v) is 10.0. The molecule has 0 spiro atoms. The summed E-state index contributed by atoms with van der Waals surface area (Å²) in [5.41, 5.74) is 1.91. The van der Waals surface area contributed by atoms with Gasteiger partial charge in [-0.1, -0.05) is 24.8 Å².